The minimum absolute atomic E-state index is 0.00208. The lowest BCUT2D eigenvalue weighted by molar-refractivity contribution is -0.142. The van der Waals surface area contributed by atoms with Crippen LogP contribution in [0.5, 0.6) is 11.5 Å². The highest BCUT2D eigenvalue weighted by Gasteiger charge is 2.38. The lowest BCUT2D eigenvalue weighted by Crippen LogP contribution is -2.29. The number of H-pyrrole nitrogens is 1. The maximum atomic E-state index is 13.6. The van der Waals surface area contributed by atoms with E-state index in [0.717, 1.165) is 22.9 Å². The molecule has 0 bridgehead atoms. The number of ether oxygens (including phenoxy) is 1. The maximum Gasteiger partial charge on any atom is 0.437 e. The van der Waals surface area contributed by atoms with E-state index >= 15 is 0 Å². The van der Waals surface area contributed by atoms with Gasteiger partial charge in [0.2, 0.25) is 5.75 Å². The summed E-state index contributed by atoms with van der Waals surface area (Å²) >= 11 is 5.87. The van der Waals surface area contributed by atoms with E-state index in [1.165, 1.54) is 18.3 Å². The number of halogens is 4. The van der Waals surface area contributed by atoms with Crippen LogP contribution in [0.2, 0.25) is 5.02 Å². The van der Waals surface area contributed by atoms with Crippen LogP contribution < -0.4 is 21.2 Å². The second-order valence-electron chi connectivity index (χ2n) is 6.88. The van der Waals surface area contributed by atoms with Crippen LogP contribution >= 0.6 is 11.6 Å². The molecule has 0 amide bonds. The molecule has 35 heavy (non-hydrogen) atoms. The highest BCUT2D eigenvalue weighted by Crippen LogP contribution is 2.35. The van der Waals surface area contributed by atoms with Crippen LogP contribution in [0, 0.1) is 16.7 Å². The fourth-order valence-electron chi connectivity index (χ4n) is 2.92. The smallest absolute Gasteiger partial charge is 0.437 e. The van der Waals surface area contributed by atoms with Crippen LogP contribution in [0.1, 0.15) is 22.5 Å². The van der Waals surface area contributed by atoms with Crippen LogP contribution in [-0.4, -0.2) is 33.0 Å². The molecule has 0 aliphatic heterocycles. The highest BCUT2D eigenvalue weighted by atomic mass is 35.5. The lowest BCUT2D eigenvalue weighted by Gasteiger charge is -2.15. The Labute approximate surface area is 199 Å². The molecule has 180 valence electrons. The molecule has 10 nitrogen and oxygen atoms in total. The molecule has 14 heteroatoms. The Hall–Kier alpha value is -4.44. The van der Waals surface area contributed by atoms with E-state index in [1.54, 1.807) is 13.1 Å². The van der Waals surface area contributed by atoms with E-state index in [9.17, 15) is 22.8 Å². The number of nitrogens with zero attached hydrogens (tertiary/aromatic N) is 4. The third kappa shape index (κ3) is 5.74. The first-order valence-corrected chi connectivity index (χ1v) is 9.97. The Morgan fingerprint density at radius 2 is 2.09 bits per heavy atom. The maximum absolute atomic E-state index is 13.6. The van der Waals surface area contributed by atoms with E-state index in [2.05, 4.69) is 20.5 Å². The predicted octanol–water partition coefficient (Wildman–Crippen LogP) is 2.92. The summed E-state index contributed by atoms with van der Waals surface area (Å²) in [5, 5.41) is 25.3. The van der Waals surface area contributed by atoms with Gasteiger partial charge in [-0.3, -0.25) is 14.2 Å². The van der Waals surface area contributed by atoms with E-state index in [1.807, 2.05) is 0 Å². The number of aromatic nitrogens is 4. The van der Waals surface area contributed by atoms with Crippen LogP contribution in [0.4, 0.5) is 13.2 Å². The molecule has 1 aromatic carbocycles. The molecule has 3 rings (SSSR count). The van der Waals surface area contributed by atoms with Crippen molar-refractivity contribution in [3.8, 4) is 17.6 Å². The van der Waals surface area contributed by atoms with Crippen molar-refractivity contribution < 1.29 is 17.9 Å². The third-order valence-corrected chi connectivity index (χ3v) is 4.68. The van der Waals surface area contributed by atoms with Crippen molar-refractivity contribution >= 4 is 23.4 Å². The Bertz CT molecular complexity index is 1470. The van der Waals surface area contributed by atoms with Gasteiger partial charge in [0, 0.05) is 35.6 Å². The molecule has 0 aliphatic carbocycles. The number of hydrogen-bond acceptors (Lipinski definition) is 8. The van der Waals surface area contributed by atoms with Crippen molar-refractivity contribution in [1.82, 2.24) is 25.1 Å². The third-order valence-electron chi connectivity index (χ3n) is 4.46. The molecule has 0 saturated carbocycles. The summed E-state index contributed by atoms with van der Waals surface area (Å²) in [7, 11) is 1.59. The van der Waals surface area contributed by atoms with Crippen molar-refractivity contribution in [1.29, 1.82) is 10.7 Å². The number of aromatic amines is 1. The molecular weight excluding hydrogens is 491 g/mol. The molecule has 0 fully saturated rings. The monoisotopic (exact) mass is 505 g/mol. The minimum Gasteiger partial charge on any atom is -0.449 e. The van der Waals surface area contributed by atoms with Gasteiger partial charge in [0.1, 0.15) is 5.75 Å². The molecule has 2 aromatic heterocycles. The van der Waals surface area contributed by atoms with Gasteiger partial charge >= 0.3 is 6.18 Å². The van der Waals surface area contributed by atoms with Gasteiger partial charge in [0.05, 0.1) is 30.2 Å². The van der Waals surface area contributed by atoms with Gasteiger partial charge in [-0.1, -0.05) is 11.6 Å². The van der Waals surface area contributed by atoms with Crippen molar-refractivity contribution in [3.63, 3.8) is 0 Å². The first kappa shape index (κ1) is 25.2. The van der Waals surface area contributed by atoms with Gasteiger partial charge in [-0.05, 0) is 24.3 Å². The van der Waals surface area contributed by atoms with E-state index < -0.39 is 35.3 Å². The Kier molecular flexibility index (Phi) is 7.36. The lowest BCUT2D eigenvalue weighted by atomic mass is 10.1. The molecular formula is C21H15ClF3N7O3. The largest absolute Gasteiger partial charge is 0.449 e. The van der Waals surface area contributed by atoms with Crippen LogP contribution in [0.3, 0.4) is 0 Å². The fraction of sp³-hybridized carbons (Fsp3) is 0.143. The molecule has 0 radical (unpaired) electrons. The second kappa shape index (κ2) is 10.2. The van der Waals surface area contributed by atoms with E-state index in [-0.39, 0.29) is 27.6 Å². The van der Waals surface area contributed by atoms with Crippen molar-refractivity contribution in [3.05, 3.63) is 85.0 Å². The Balaban J connectivity index is 2.11. The fourth-order valence-corrected chi connectivity index (χ4v) is 3.15. The first-order valence-electron chi connectivity index (χ1n) is 9.59. The van der Waals surface area contributed by atoms with Crippen molar-refractivity contribution in [2.45, 2.75) is 12.7 Å². The van der Waals surface area contributed by atoms with Crippen LogP contribution in [-0.2, 0) is 12.7 Å². The van der Waals surface area contributed by atoms with Crippen LogP contribution in [0.15, 0.2) is 46.4 Å². The minimum atomic E-state index is -5.04. The standard InChI is InChI=1S/C21H15ClF3N7O3/c1-28-8-13(7-27)16-4-12(19(33)31-30-16)9-32-10-29-18(21(23,24)25)17(20(32)34)35-15-3-11(6-26)2-14(22)5-15/h2-5,7-8,10,27-28H,9H2,1H3,(H,31,33)/b13-8+,27-7?. The topological polar surface area (TPSA) is 150 Å². The normalized spacial score (nSPS) is 11.6. The first-order chi connectivity index (χ1) is 16.6. The van der Waals surface area contributed by atoms with Gasteiger partial charge in [-0.15, -0.1) is 0 Å². The molecule has 3 N–H and O–H groups in total. The van der Waals surface area contributed by atoms with E-state index in [4.69, 9.17) is 27.0 Å². The Morgan fingerprint density at radius 3 is 2.71 bits per heavy atom. The summed E-state index contributed by atoms with van der Waals surface area (Å²) in [5.74, 6) is -1.44. The summed E-state index contributed by atoms with van der Waals surface area (Å²) in [6.45, 7) is -0.477. The number of hydrogen-bond donors (Lipinski definition) is 3. The molecule has 0 unspecified atom stereocenters. The Morgan fingerprint density at radius 1 is 1.34 bits per heavy atom. The molecule has 2 heterocycles. The second-order valence-corrected chi connectivity index (χ2v) is 7.32. The number of nitrogens with one attached hydrogen (secondary N) is 3. The molecule has 3 aromatic rings. The molecule has 0 aliphatic rings. The SMILES string of the molecule is CN/C=C(\C=N)c1cc(Cn2cnc(C(F)(F)F)c(Oc3cc(Cl)cc(C#N)c3)c2=O)c(=O)[nH]n1. The number of benzene rings is 1. The summed E-state index contributed by atoms with van der Waals surface area (Å²) in [6, 6.07) is 6.56. The van der Waals surface area contributed by atoms with Crippen molar-refractivity contribution in [2.24, 2.45) is 0 Å². The number of allylic oxidation sites excluding steroid dienone is 1. The van der Waals surface area contributed by atoms with Crippen molar-refractivity contribution in [2.75, 3.05) is 7.05 Å². The van der Waals surface area contributed by atoms with Gasteiger partial charge in [0.25, 0.3) is 11.1 Å². The highest BCUT2D eigenvalue weighted by molar-refractivity contribution is 6.30. The zero-order valence-corrected chi connectivity index (χ0v) is 18.5. The van der Waals surface area contributed by atoms with Gasteiger partial charge in [0.15, 0.2) is 5.69 Å². The molecule has 0 saturated heterocycles. The molecule has 0 atom stereocenters. The summed E-state index contributed by atoms with van der Waals surface area (Å²) in [5.41, 5.74) is -3.10. The number of nitriles is 1. The quantitative estimate of drug-likeness (QED) is 0.418. The number of rotatable bonds is 7. The summed E-state index contributed by atoms with van der Waals surface area (Å²) in [4.78, 5) is 28.6. The predicted molar refractivity (Wildman–Crippen MR) is 120 cm³/mol. The summed E-state index contributed by atoms with van der Waals surface area (Å²) < 4.78 is 46.7. The van der Waals surface area contributed by atoms with Gasteiger partial charge < -0.3 is 15.5 Å². The average Bonchev–Trinajstić information content (AvgIpc) is 2.80. The van der Waals surface area contributed by atoms with Crippen LogP contribution in [0.25, 0.3) is 5.57 Å². The average molecular weight is 506 g/mol. The van der Waals surface area contributed by atoms with Gasteiger partial charge in [-0.25, -0.2) is 10.1 Å². The number of alkyl halides is 3. The summed E-state index contributed by atoms with van der Waals surface area (Å²) in [6.07, 6.45) is -1.99. The zero-order chi connectivity index (χ0) is 25.8. The van der Waals surface area contributed by atoms with E-state index in [0.29, 0.717) is 11.9 Å². The zero-order valence-electron chi connectivity index (χ0n) is 17.8. The molecule has 0 spiro atoms. The van der Waals surface area contributed by atoms with Gasteiger partial charge in [-0.2, -0.15) is 23.5 Å².